The number of hydrogen-bond donors (Lipinski definition) is 1. The molecule has 17 heavy (non-hydrogen) atoms. The number of carbonyl (C=O) groups is 2. The third kappa shape index (κ3) is 4.26. The minimum Gasteiger partial charge on any atom is -0.481 e. The van der Waals surface area contributed by atoms with Gasteiger partial charge >= 0.3 is 11.9 Å². The van der Waals surface area contributed by atoms with Gasteiger partial charge in [0.1, 0.15) is 0 Å². The van der Waals surface area contributed by atoms with Gasteiger partial charge in [0.2, 0.25) is 0 Å². The summed E-state index contributed by atoms with van der Waals surface area (Å²) in [6.45, 7) is 2.22. The highest BCUT2D eigenvalue weighted by molar-refractivity contribution is 5.83. The molecule has 0 heterocycles. The van der Waals surface area contributed by atoms with E-state index in [9.17, 15) is 9.59 Å². The lowest BCUT2D eigenvalue weighted by Gasteiger charge is -2.11. The smallest absolute Gasteiger partial charge is 0.311 e. The van der Waals surface area contributed by atoms with Crippen LogP contribution in [0.25, 0.3) is 0 Å². The second-order valence-corrected chi connectivity index (χ2v) is 3.73. The van der Waals surface area contributed by atoms with Gasteiger partial charge in [-0.1, -0.05) is 37.3 Å². The number of aliphatic carboxylic acids is 1. The quantitative estimate of drug-likeness (QED) is 0.769. The van der Waals surface area contributed by atoms with Crippen molar-refractivity contribution in [2.24, 2.45) is 0 Å². The molecule has 0 amide bonds. The average Bonchev–Trinajstić information content (AvgIpc) is 2.34. The molecule has 0 saturated heterocycles. The van der Waals surface area contributed by atoms with Gasteiger partial charge in [0.25, 0.3) is 0 Å². The van der Waals surface area contributed by atoms with Crippen LogP contribution < -0.4 is 0 Å². The van der Waals surface area contributed by atoms with Gasteiger partial charge in [-0.3, -0.25) is 9.59 Å². The molecule has 0 bridgehead atoms. The molecule has 0 fully saturated rings. The zero-order valence-electron chi connectivity index (χ0n) is 9.76. The number of esters is 1. The van der Waals surface area contributed by atoms with E-state index in [-0.39, 0.29) is 6.42 Å². The summed E-state index contributed by atoms with van der Waals surface area (Å²) in [6, 6.07) is 8.71. The summed E-state index contributed by atoms with van der Waals surface area (Å²) in [5, 5.41) is 9.09. The van der Waals surface area contributed by atoms with E-state index in [1.54, 1.807) is 30.3 Å². The van der Waals surface area contributed by atoms with Gasteiger partial charge in [0.05, 0.1) is 18.9 Å². The summed E-state index contributed by atoms with van der Waals surface area (Å²) in [5.41, 5.74) is 0.619. The lowest BCUT2D eigenvalue weighted by molar-refractivity contribution is -0.149. The van der Waals surface area contributed by atoms with Crippen molar-refractivity contribution < 1.29 is 19.4 Å². The van der Waals surface area contributed by atoms with Crippen LogP contribution in [0.2, 0.25) is 0 Å². The molecule has 0 saturated carbocycles. The van der Waals surface area contributed by atoms with Crippen LogP contribution >= 0.6 is 0 Å². The normalized spacial score (nSPS) is 11.8. The molecular weight excluding hydrogens is 220 g/mol. The fourth-order valence-electron chi connectivity index (χ4n) is 1.47. The van der Waals surface area contributed by atoms with Crippen LogP contribution in [0.4, 0.5) is 0 Å². The second-order valence-electron chi connectivity index (χ2n) is 3.73. The Bertz CT molecular complexity index is 372. The Morgan fingerprint density at radius 2 is 1.94 bits per heavy atom. The molecule has 92 valence electrons. The standard InChI is InChI=1S/C13H16O4/c1-2-8-17-12(14)9-11(13(15)16)10-6-4-3-5-7-10/h3-7,11H,2,8-9H2,1H3,(H,15,16)/t11-/m1/s1. The molecule has 4 heteroatoms. The maximum absolute atomic E-state index is 11.4. The minimum atomic E-state index is -1.01. The highest BCUT2D eigenvalue weighted by atomic mass is 16.5. The van der Waals surface area contributed by atoms with Crippen molar-refractivity contribution in [3.63, 3.8) is 0 Å². The lowest BCUT2D eigenvalue weighted by Crippen LogP contribution is -2.18. The van der Waals surface area contributed by atoms with E-state index in [0.29, 0.717) is 12.2 Å². The highest BCUT2D eigenvalue weighted by Gasteiger charge is 2.23. The van der Waals surface area contributed by atoms with Crippen molar-refractivity contribution in [2.45, 2.75) is 25.7 Å². The van der Waals surface area contributed by atoms with Gasteiger partial charge in [-0.15, -0.1) is 0 Å². The molecule has 1 rings (SSSR count). The van der Waals surface area contributed by atoms with Crippen molar-refractivity contribution in [1.82, 2.24) is 0 Å². The topological polar surface area (TPSA) is 63.6 Å². The first-order valence-electron chi connectivity index (χ1n) is 5.58. The average molecular weight is 236 g/mol. The summed E-state index contributed by atoms with van der Waals surface area (Å²) in [4.78, 5) is 22.5. The Kier molecular flexibility index (Phi) is 5.20. The predicted molar refractivity (Wildman–Crippen MR) is 62.7 cm³/mol. The van der Waals surface area contributed by atoms with Gasteiger partial charge in [0.15, 0.2) is 0 Å². The van der Waals surface area contributed by atoms with Crippen molar-refractivity contribution in [3.05, 3.63) is 35.9 Å². The number of ether oxygens (including phenoxy) is 1. The van der Waals surface area contributed by atoms with Crippen molar-refractivity contribution >= 4 is 11.9 Å². The molecule has 0 aliphatic rings. The largest absolute Gasteiger partial charge is 0.481 e. The Hall–Kier alpha value is -1.84. The fourth-order valence-corrected chi connectivity index (χ4v) is 1.47. The van der Waals surface area contributed by atoms with Crippen molar-refractivity contribution in [1.29, 1.82) is 0 Å². The molecule has 0 unspecified atom stereocenters. The van der Waals surface area contributed by atoms with E-state index in [1.165, 1.54) is 0 Å². The lowest BCUT2D eigenvalue weighted by atomic mass is 9.96. The van der Waals surface area contributed by atoms with Gasteiger partial charge in [-0.25, -0.2) is 0 Å². The van der Waals surface area contributed by atoms with Crippen LogP contribution in [0.15, 0.2) is 30.3 Å². The first kappa shape index (κ1) is 13.2. The first-order chi connectivity index (χ1) is 8.15. The fraction of sp³-hybridized carbons (Fsp3) is 0.385. The molecule has 0 aliphatic heterocycles. The summed E-state index contributed by atoms with van der Waals surface area (Å²) >= 11 is 0. The molecule has 1 N–H and O–H groups in total. The number of carboxylic acid groups (broad SMARTS) is 1. The third-order valence-electron chi connectivity index (χ3n) is 2.34. The maximum atomic E-state index is 11.4. The number of benzene rings is 1. The molecule has 0 aromatic heterocycles. The minimum absolute atomic E-state index is 0.126. The van der Waals surface area contributed by atoms with Crippen molar-refractivity contribution in [2.75, 3.05) is 6.61 Å². The van der Waals surface area contributed by atoms with E-state index >= 15 is 0 Å². The van der Waals surface area contributed by atoms with Crippen LogP contribution in [0.3, 0.4) is 0 Å². The van der Waals surface area contributed by atoms with Crippen LogP contribution in [0, 0.1) is 0 Å². The summed E-state index contributed by atoms with van der Waals surface area (Å²) < 4.78 is 4.89. The Balaban J connectivity index is 2.68. The Morgan fingerprint density at radius 1 is 1.29 bits per heavy atom. The molecule has 0 spiro atoms. The van der Waals surface area contributed by atoms with Gasteiger partial charge < -0.3 is 9.84 Å². The van der Waals surface area contributed by atoms with E-state index in [2.05, 4.69) is 0 Å². The van der Waals surface area contributed by atoms with Gasteiger partial charge in [-0.2, -0.15) is 0 Å². The van der Waals surface area contributed by atoms with Gasteiger partial charge in [0, 0.05) is 0 Å². The zero-order valence-corrected chi connectivity index (χ0v) is 9.76. The predicted octanol–water partition coefficient (Wildman–Crippen LogP) is 2.20. The van der Waals surface area contributed by atoms with E-state index in [0.717, 1.165) is 6.42 Å². The number of hydrogen-bond acceptors (Lipinski definition) is 3. The second kappa shape index (κ2) is 6.68. The van der Waals surface area contributed by atoms with E-state index < -0.39 is 17.9 Å². The van der Waals surface area contributed by atoms with Crippen LogP contribution in [0.1, 0.15) is 31.2 Å². The summed E-state index contributed by atoms with van der Waals surface area (Å²) in [5.74, 6) is -2.31. The monoisotopic (exact) mass is 236 g/mol. The van der Waals surface area contributed by atoms with Crippen LogP contribution in [-0.2, 0) is 14.3 Å². The first-order valence-corrected chi connectivity index (χ1v) is 5.58. The number of carbonyl (C=O) groups excluding carboxylic acids is 1. The molecule has 1 atom stereocenters. The highest BCUT2D eigenvalue weighted by Crippen LogP contribution is 2.20. The molecule has 1 aromatic rings. The van der Waals surface area contributed by atoms with Crippen LogP contribution in [-0.4, -0.2) is 23.7 Å². The third-order valence-corrected chi connectivity index (χ3v) is 2.34. The summed E-state index contributed by atoms with van der Waals surface area (Å²) in [6.07, 6.45) is 0.605. The van der Waals surface area contributed by atoms with Gasteiger partial charge in [-0.05, 0) is 12.0 Å². The SMILES string of the molecule is CCCOC(=O)C[C@@H](C(=O)O)c1ccccc1. The maximum Gasteiger partial charge on any atom is 0.311 e. The number of carboxylic acids is 1. The summed E-state index contributed by atoms with van der Waals surface area (Å²) in [7, 11) is 0. The molecule has 4 nitrogen and oxygen atoms in total. The van der Waals surface area contributed by atoms with Crippen LogP contribution in [0.5, 0.6) is 0 Å². The van der Waals surface area contributed by atoms with E-state index in [4.69, 9.17) is 9.84 Å². The van der Waals surface area contributed by atoms with Crippen molar-refractivity contribution in [3.8, 4) is 0 Å². The Morgan fingerprint density at radius 3 is 2.47 bits per heavy atom. The molecular formula is C13H16O4. The molecule has 0 aliphatic carbocycles. The molecule has 0 radical (unpaired) electrons. The molecule has 1 aromatic carbocycles. The Labute approximate surface area is 100 Å². The number of rotatable bonds is 6. The zero-order chi connectivity index (χ0) is 12.7. The van der Waals surface area contributed by atoms with E-state index in [1.807, 2.05) is 6.92 Å².